The quantitative estimate of drug-likeness (QED) is 0.848. The lowest BCUT2D eigenvalue weighted by atomic mass is 10.2. The summed E-state index contributed by atoms with van der Waals surface area (Å²) in [4.78, 5) is 12.8. The third-order valence-corrected chi connectivity index (χ3v) is 5.42. The van der Waals surface area contributed by atoms with E-state index >= 15 is 0 Å². The van der Waals surface area contributed by atoms with E-state index in [1.165, 1.54) is 6.07 Å². The van der Waals surface area contributed by atoms with Gasteiger partial charge in [-0.05, 0) is 32.4 Å². The van der Waals surface area contributed by atoms with Crippen molar-refractivity contribution in [3.63, 3.8) is 0 Å². The van der Waals surface area contributed by atoms with Gasteiger partial charge in [-0.15, -0.1) is 11.3 Å². The number of carbonyl (C=O) groups is 1. The number of hydrogen-bond acceptors (Lipinski definition) is 6. The Morgan fingerprint density at radius 1 is 1.43 bits per heavy atom. The number of sulfonamides is 1. The van der Waals surface area contributed by atoms with Crippen LogP contribution in [0.25, 0.3) is 0 Å². The number of primary sulfonamides is 1. The van der Waals surface area contributed by atoms with Crippen LogP contribution in [0.3, 0.4) is 0 Å². The fourth-order valence-electron chi connectivity index (χ4n) is 1.84. The minimum absolute atomic E-state index is 0.120. The molecular weight excluding hydrogens is 314 g/mol. The molecule has 114 valence electrons. The van der Waals surface area contributed by atoms with Crippen molar-refractivity contribution in [2.45, 2.75) is 24.5 Å². The van der Waals surface area contributed by atoms with E-state index in [9.17, 15) is 13.2 Å². The second kappa shape index (κ2) is 5.96. The molecule has 9 heteroatoms. The third-order valence-electron chi connectivity index (χ3n) is 2.83. The van der Waals surface area contributed by atoms with Crippen molar-refractivity contribution in [3.05, 3.63) is 34.0 Å². The standard InChI is InChI=1S/C12H15N3O4S2/c1-7-11(8(2)19-15-7)12(16)14-6-5-9-3-4-10(20-9)21(13,17)18/h3-4H,5-6H2,1-2H3,(H,14,16)(H2,13,17,18). The molecule has 0 saturated heterocycles. The number of amides is 1. The molecule has 21 heavy (non-hydrogen) atoms. The molecule has 0 aromatic carbocycles. The summed E-state index contributed by atoms with van der Waals surface area (Å²) in [5.41, 5.74) is 0.976. The van der Waals surface area contributed by atoms with Crippen molar-refractivity contribution in [1.82, 2.24) is 10.5 Å². The van der Waals surface area contributed by atoms with Gasteiger partial charge in [0.15, 0.2) is 0 Å². The van der Waals surface area contributed by atoms with E-state index in [4.69, 9.17) is 9.66 Å². The first-order valence-corrected chi connectivity index (χ1v) is 8.48. The van der Waals surface area contributed by atoms with Crippen LogP contribution in [0.2, 0.25) is 0 Å². The second-order valence-corrected chi connectivity index (χ2v) is 7.43. The van der Waals surface area contributed by atoms with Gasteiger partial charge in [0.1, 0.15) is 15.5 Å². The highest BCUT2D eigenvalue weighted by molar-refractivity contribution is 7.91. The number of thiophene rings is 1. The zero-order valence-electron chi connectivity index (χ0n) is 11.5. The minimum atomic E-state index is -3.66. The van der Waals surface area contributed by atoms with Crippen LogP contribution in [0.1, 0.15) is 26.7 Å². The van der Waals surface area contributed by atoms with E-state index in [0.29, 0.717) is 30.0 Å². The molecule has 0 saturated carbocycles. The number of rotatable bonds is 5. The van der Waals surface area contributed by atoms with Gasteiger partial charge in [0.05, 0.1) is 5.69 Å². The molecule has 0 fully saturated rings. The number of nitrogens with two attached hydrogens (primary N) is 1. The Hall–Kier alpha value is -1.71. The van der Waals surface area contributed by atoms with Gasteiger partial charge in [-0.2, -0.15) is 0 Å². The third kappa shape index (κ3) is 3.69. The van der Waals surface area contributed by atoms with Gasteiger partial charge in [0.25, 0.3) is 5.91 Å². The Morgan fingerprint density at radius 2 is 2.14 bits per heavy atom. The average molecular weight is 329 g/mol. The Kier molecular flexibility index (Phi) is 4.45. The predicted octanol–water partition coefficient (Wildman–Crippen LogP) is 0.973. The molecule has 2 aromatic heterocycles. The van der Waals surface area contributed by atoms with Crippen LogP contribution in [0.15, 0.2) is 20.9 Å². The number of aromatic nitrogens is 1. The van der Waals surface area contributed by atoms with E-state index < -0.39 is 10.0 Å². The largest absolute Gasteiger partial charge is 0.361 e. The zero-order chi connectivity index (χ0) is 15.6. The molecule has 1 amide bonds. The molecule has 0 unspecified atom stereocenters. The van der Waals surface area contributed by atoms with E-state index in [0.717, 1.165) is 16.2 Å². The SMILES string of the molecule is Cc1noc(C)c1C(=O)NCCc1ccc(S(N)(=O)=O)s1. The second-order valence-electron chi connectivity index (χ2n) is 4.47. The van der Waals surface area contributed by atoms with Crippen molar-refractivity contribution in [2.75, 3.05) is 6.54 Å². The summed E-state index contributed by atoms with van der Waals surface area (Å²) in [7, 11) is -3.66. The maximum Gasteiger partial charge on any atom is 0.256 e. The molecule has 0 spiro atoms. The smallest absolute Gasteiger partial charge is 0.256 e. The lowest BCUT2D eigenvalue weighted by Crippen LogP contribution is -2.26. The maximum absolute atomic E-state index is 12.0. The van der Waals surface area contributed by atoms with Crippen LogP contribution in [-0.2, 0) is 16.4 Å². The van der Waals surface area contributed by atoms with E-state index in [1.807, 2.05) is 0 Å². The van der Waals surface area contributed by atoms with Crippen molar-refractivity contribution in [3.8, 4) is 0 Å². The minimum Gasteiger partial charge on any atom is -0.361 e. The monoisotopic (exact) mass is 329 g/mol. The first-order chi connectivity index (χ1) is 9.79. The summed E-state index contributed by atoms with van der Waals surface area (Å²) in [5.74, 6) is 0.215. The fourth-order valence-corrected chi connectivity index (χ4v) is 3.62. The number of nitrogens with zero attached hydrogens (tertiary/aromatic N) is 1. The molecule has 7 nitrogen and oxygen atoms in total. The summed E-state index contributed by atoms with van der Waals surface area (Å²) in [5, 5.41) is 11.5. The molecule has 2 rings (SSSR count). The van der Waals surface area contributed by atoms with Gasteiger partial charge in [-0.25, -0.2) is 13.6 Å². The van der Waals surface area contributed by atoms with Gasteiger partial charge >= 0.3 is 0 Å². The van der Waals surface area contributed by atoms with Gasteiger partial charge in [0, 0.05) is 11.4 Å². The van der Waals surface area contributed by atoms with Gasteiger partial charge in [-0.1, -0.05) is 5.16 Å². The molecule has 3 N–H and O–H groups in total. The molecule has 0 aliphatic heterocycles. The van der Waals surface area contributed by atoms with E-state index in [2.05, 4.69) is 10.5 Å². The Morgan fingerprint density at radius 3 is 2.67 bits per heavy atom. The first-order valence-electron chi connectivity index (χ1n) is 6.11. The summed E-state index contributed by atoms with van der Waals surface area (Å²) < 4.78 is 27.4. The van der Waals surface area contributed by atoms with Crippen LogP contribution < -0.4 is 10.5 Å². The topological polar surface area (TPSA) is 115 Å². The van der Waals surface area contributed by atoms with Crippen LogP contribution in [0, 0.1) is 13.8 Å². The van der Waals surface area contributed by atoms with E-state index in [-0.39, 0.29) is 10.1 Å². The molecular formula is C12H15N3O4S2. The van der Waals surface area contributed by atoms with Crippen LogP contribution in [0.5, 0.6) is 0 Å². The maximum atomic E-state index is 12.0. The summed E-state index contributed by atoms with van der Waals surface area (Å²) in [6.07, 6.45) is 0.523. The Bertz CT molecular complexity index is 742. The Balaban J connectivity index is 1.93. The Labute approximate surface area is 126 Å². The van der Waals surface area contributed by atoms with Crippen molar-refractivity contribution < 1.29 is 17.7 Å². The highest BCUT2D eigenvalue weighted by Gasteiger charge is 2.17. The van der Waals surface area contributed by atoms with Crippen molar-refractivity contribution in [1.29, 1.82) is 0 Å². The van der Waals surface area contributed by atoms with Crippen LogP contribution in [0.4, 0.5) is 0 Å². The van der Waals surface area contributed by atoms with Gasteiger partial charge in [-0.3, -0.25) is 4.79 Å². The molecule has 0 atom stereocenters. The van der Waals surface area contributed by atoms with Crippen molar-refractivity contribution in [2.24, 2.45) is 5.14 Å². The lowest BCUT2D eigenvalue weighted by molar-refractivity contribution is 0.0952. The molecule has 0 aliphatic carbocycles. The van der Waals surface area contributed by atoms with Crippen LogP contribution in [-0.4, -0.2) is 26.0 Å². The summed E-state index contributed by atoms with van der Waals surface area (Å²) in [6.45, 7) is 3.75. The summed E-state index contributed by atoms with van der Waals surface area (Å²) >= 11 is 1.10. The number of nitrogens with one attached hydrogen (secondary N) is 1. The fraction of sp³-hybridized carbons (Fsp3) is 0.333. The first kappa shape index (κ1) is 15.7. The molecule has 0 radical (unpaired) electrons. The zero-order valence-corrected chi connectivity index (χ0v) is 13.2. The van der Waals surface area contributed by atoms with E-state index in [1.54, 1.807) is 19.9 Å². The average Bonchev–Trinajstić information content (AvgIpc) is 2.96. The van der Waals surface area contributed by atoms with Crippen molar-refractivity contribution >= 4 is 27.3 Å². The molecule has 2 heterocycles. The highest BCUT2D eigenvalue weighted by atomic mass is 32.2. The van der Waals surface area contributed by atoms with Crippen LogP contribution >= 0.6 is 11.3 Å². The lowest BCUT2D eigenvalue weighted by Gasteiger charge is -2.03. The normalized spacial score (nSPS) is 11.6. The van der Waals surface area contributed by atoms with Gasteiger partial charge < -0.3 is 9.84 Å². The number of aryl methyl sites for hydroxylation is 2. The number of hydrogen-bond donors (Lipinski definition) is 2. The molecule has 0 bridgehead atoms. The predicted molar refractivity (Wildman–Crippen MR) is 77.7 cm³/mol. The molecule has 0 aliphatic rings. The van der Waals surface area contributed by atoms with Gasteiger partial charge in [0.2, 0.25) is 10.0 Å². The molecule has 2 aromatic rings. The number of carbonyl (C=O) groups excluding carboxylic acids is 1. The highest BCUT2D eigenvalue weighted by Crippen LogP contribution is 2.20. The summed E-state index contributed by atoms with van der Waals surface area (Å²) in [6, 6.07) is 3.15.